The van der Waals surface area contributed by atoms with Crippen molar-refractivity contribution in [2.75, 3.05) is 11.5 Å². The van der Waals surface area contributed by atoms with E-state index in [0.29, 0.717) is 35.3 Å². The molecule has 150 valence electrons. The number of benzene rings is 2. The van der Waals surface area contributed by atoms with Gasteiger partial charge >= 0.3 is 0 Å². The molecule has 2 rings (SSSR count). The van der Waals surface area contributed by atoms with E-state index < -0.39 is 0 Å². The molecule has 28 heavy (non-hydrogen) atoms. The van der Waals surface area contributed by atoms with Gasteiger partial charge in [-0.1, -0.05) is 49.9 Å². The molecule has 4 nitrogen and oxygen atoms in total. The SMILES string of the molecule is Cc1ccc(C(=O)CCCCCCCCC(=O)c2ccc(C)c(N)c2)cc1N. The summed E-state index contributed by atoms with van der Waals surface area (Å²) >= 11 is 0. The number of rotatable bonds is 11. The summed E-state index contributed by atoms with van der Waals surface area (Å²) in [6.45, 7) is 3.88. The van der Waals surface area contributed by atoms with Crippen LogP contribution in [-0.2, 0) is 0 Å². The largest absolute Gasteiger partial charge is 0.398 e. The maximum atomic E-state index is 12.2. The van der Waals surface area contributed by atoms with Gasteiger partial charge in [0.2, 0.25) is 0 Å². The van der Waals surface area contributed by atoms with Crippen LogP contribution < -0.4 is 11.5 Å². The molecule has 2 aromatic rings. The van der Waals surface area contributed by atoms with Gasteiger partial charge in [0.25, 0.3) is 0 Å². The number of hydrogen-bond donors (Lipinski definition) is 2. The van der Waals surface area contributed by atoms with Gasteiger partial charge in [0.1, 0.15) is 0 Å². The van der Waals surface area contributed by atoms with E-state index in [4.69, 9.17) is 11.5 Å². The molecule has 0 saturated carbocycles. The fourth-order valence-corrected chi connectivity index (χ4v) is 3.19. The fraction of sp³-hybridized carbons (Fsp3) is 0.417. The van der Waals surface area contributed by atoms with Gasteiger partial charge in [0.05, 0.1) is 0 Å². The van der Waals surface area contributed by atoms with Crippen molar-refractivity contribution in [3.63, 3.8) is 0 Å². The Hall–Kier alpha value is -2.62. The fourth-order valence-electron chi connectivity index (χ4n) is 3.19. The van der Waals surface area contributed by atoms with Crippen LogP contribution in [0.3, 0.4) is 0 Å². The molecule has 0 saturated heterocycles. The van der Waals surface area contributed by atoms with Gasteiger partial charge in [-0.25, -0.2) is 0 Å². The summed E-state index contributed by atoms with van der Waals surface area (Å²) in [5, 5.41) is 0. The number of carbonyl (C=O) groups is 2. The van der Waals surface area contributed by atoms with Crippen LogP contribution in [0.15, 0.2) is 36.4 Å². The van der Waals surface area contributed by atoms with Crippen LogP contribution in [0.25, 0.3) is 0 Å². The van der Waals surface area contributed by atoms with Gasteiger partial charge < -0.3 is 11.5 Å². The van der Waals surface area contributed by atoms with Gasteiger partial charge in [-0.05, 0) is 49.9 Å². The molecule has 0 atom stereocenters. The van der Waals surface area contributed by atoms with Gasteiger partial charge in [0, 0.05) is 35.3 Å². The molecule has 0 aliphatic carbocycles. The second kappa shape index (κ2) is 10.6. The highest BCUT2D eigenvalue weighted by atomic mass is 16.1. The van der Waals surface area contributed by atoms with Gasteiger partial charge in [-0.15, -0.1) is 0 Å². The predicted molar refractivity (Wildman–Crippen MR) is 117 cm³/mol. The molecule has 0 heterocycles. The number of aryl methyl sites for hydroxylation is 2. The predicted octanol–water partition coefficient (Wildman–Crippen LogP) is 5.65. The molecule has 0 aromatic heterocycles. The summed E-state index contributed by atoms with van der Waals surface area (Å²) in [6.07, 6.45) is 7.18. The topological polar surface area (TPSA) is 86.2 Å². The number of Topliss-reactive ketones (excluding diaryl/α,β-unsaturated/α-hetero) is 2. The van der Waals surface area contributed by atoms with Crippen LogP contribution in [0.2, 0.25) is 0 Å². The summed E-state index contributed by atoms with van der Waals surface area (Å²) < 4.78 is 0. The van der Waals surface area contributed by atoms with Crippen molar-refractivity contribution in [2.24, 2.45) is 0 Å². The van der Waals surface area contributed by atoms with E-state index in [9.17, 15) is 9.59 Å². The lowest BCUT2D eigenvalue weighted by molar-refractivity contribution is 0.0969. The lowest BCUT2D eigenvalue weighted by Gasteiger charge is -2.06. The van der Waals surface area contributed by atoms with E-state index in [1.54, 1.807) is 12.1 Å². The summed E-state index contributed by atoms with van der Waals surface area (Å²) in [5.74, 6) is 0.323. The Bertz CT molecular complexity index is 758. The van der Waals surface area contributed by atoms with Crippen molar-refractivity contribution >= 4 is 22.9 Å². The first-order valence-corrected chi connectivity index (χ1v) is 10.2. The standard InChI is InChI=1S/C24H32N2O2/c1-17-11-13-19(15-21(17)25)23(27)9-7-5-3-4-6-8-10-24(28)20-14-12-18(2)22(26)16-20/h11-16H,3-10,25-26H2,1-2H3. The van der Waals surface area contributed by atoms with Gasteiger partial charge in [-0.3, -0.25) is 9.59 Å². The van der Waals surface area contributed by atoms with Crippen LogP contribution in [0.1, 0.15) is 83.2 Å². The quantitative estimate of drug-likeness (QED) is 0.299. The number of ketones is 2. The average Bonchev–Trinajstić information content (AvgIpc) is 2.67. The smallest absolute Gasteiger partial charge is 0.162 e. The molecule has 0 radical (unpaired) electrons. The molecular weight excluding hydrogens is 348 g/mol. The lowest BCUT2D eigenvalue weighted by Crippen LogP contribution is -2.01. The molecule has 0 aliphatic rings. The molecule has 4 N–H and O–H groups in total. The zero-order chi connectivity index (χ0) is 20.5. The molecule has 0 amide bonds. The van der Waals surface area contributed by atoms with Crippen LogP contribution in [0, 0.1) is 13.8 Å². The third-order valence-corrected chi connectivity index (χ3v) is 5.26. The Labute approximate surface area is 168 Å². The average molecular weight is 381 g/mol. The van der Waals surface area contributed by atoms with E-state index in [-0.39, 0.29) is 11.6 Å². The minimum atomic E-state index is 0.162. The first-order chi connectivity index (χ1) is 13.4. The van der Waals surface area contributed by atoms with Crippen molar-refractivity contribution in [1.82, 2.24) is 0 Å². The van der Waals surface area contributed by atoms with E-state index >= 15 is 0 Å². The molecule has 0 aliphatic heterocycles. The van der Waals surface area contributed by atoms with Crippen LogP contribution in [-0.4, -0.2) is 11.6 Å². The Kier molecular flexibility index (Phi) is 8.24. The third kappa shape index (κ3) is 6.52. The second-order valence-electron chi connectivity index (χ2n) is 7.61. The monoisotopic (exact) mass is 380 g/mol. The number of nitrogen functional groups attached to an aromatic ring is 2. The van der Waals surface area contributed by atoms with Crippen LogP contribution in [0.5, 0.6) is 0 Å². The van der Waals surface area contributed by atoms with E-state index in [0.717, 1.165) is 49.7 Å². The molecule has 0 bridgehead atoms. The molecule has 2 aromatic carbocycles. The number of carbonyl (C=O) groups excluding carboxylic acids is 2. The van der Waals surface area contributed by atoms with Crippen molar-refractivity contribution in [2.45, 2.75) is 65.2 Å². The Morgan fingerprint density at radius 2 is 1.00 bits per heavy atom. The van der Waals surface area contributed by atoms with E-state index in [1.165, 1.54) is 0 Å². The highest BCUT2D eigenvalue weighted by Crippen LogP contribution is 2.18. The van der Waals surface area contributed by atoms with Gasteiger partial charge in [0.15, 0.2) is 11.6 Å². The molecule has 0 unspecified atom stereocenters. The number of unbranched alkanes of at least 4 members (excludes halogenated alkanes) is 5. The van der Waals surface area contributed by atoms with Crippen molar-refractivity contribution in [3.8, 4) is 0 Å². The zero-order valence-corrected chi connectivity index (χ0v) is 17.1. The van der Waals surface area contributed by atoms with Crippen LogP contribution >= 0.6 is 0 Å². The maximum Gasteiger partial charge on any atom is 0.162 e. The summed E-state index contributed by atoms with van der Waals surface area (Å²) in [4.78, 5) is 24.4. The number of hydrogen-bond acceptors (Lipinski definition) is 4. The maximum absolute atomic E-state index is 12.2. The Balaban J connectivity index is 1.56. The Morgan fingerprint density at radius 3 is 1.36 bits per heavy atom. The molecule has 4 heteroatoms. The molecular formula is C24H32N2O2. The summed E-state index contributed by atoms with van der Waals surface area (Å²) in [5.41, 5.74) is 16.5. The number of anilines is 2. The second-order valence-corrected chi connectivity index (χ2v) is 7.61. The first kappa shape index (κ1) is 21.7. The highest BCUT2D eigenvalue weighted by molar-refractivity contribution is 5.97. The lowest BCUT2D eigenvalue weighted by atomic mass is 10.00. The summed E-state index contributed by atoms with van der Waals surface area (Å²) in [7, 11) is 0. The van der Waals surface area contributed by atoms with Crippen molar-refractivity contribution in [3.05, 3.63) is 58.7 Å². The Morgan fingerprint density at radius 1 is 0.643 bits per heavy atom. The van der Waals surface area contributed by atoms with E-state index in [2.05, 4.69) is 0 Å². The van der Waals surface area contributed by atoms with Crippen LogP contribution in [0.4, 0.5) is 11.4 Å². The first-order valence-electron chi connectivity index (χ1n) is 10.2. The van der Waals surface area contributed by atoms with Gasteiger partial charge in [-0.2, -0.15) is 0 Å². The molecule has 0 fully saturated rings. The minimum absolute atomic E-state index is 0.162. The zero-order valence-electron chi connectivity index (χ0n) is 17.1. The third-order valence-electron chi connectivity index (χ3n) is 5.26. The normalized spacial score (nSPS) is 10.8. The van der Waals surface area contributed by atoms with E-state index in [1.807, 2.05) is 38.1 Å². The minimum Gasteiger partial charge on any atom is -0.398 e. The van der Waals surface area contributed by atoms with Crippen molar-refractivity contribution < 1.29 is 9.59 Å². The highest BCUT2D eigenvalue weighted by Gasteiger charge is 2.08. The molecule has 0 spiro atoms. The van der Waals surface area contributed by atoms with Crippen molar-refractivity contribution in [1.29, 1.82) is 0 Å². The number of nitrogens with two attached hydrogens (primary N) is 2. The summed E-state index contributed by atoms with van der Waals surface area (Å²) in [6, 6.07) is 11.1.